The number of phenols is 1. The normalized spacial score (nSPS) is 11.8. The Bertz CT molecular complexity index is 571. The third-order valence-electron chi connectivity index (χ3n) is 2.77. The zero-order valence-corrected chi connectivity index (χ0v) is 10.7. The van der Waals surface area contributed by atoms with Crippen LogP contribution in [0.15, 0.2) is 48.5 Å². The number of amides is 1. The summed E-state index contributed by atoms with van der Waals surface area (Å²) in [5, 5.41) is 21.8. The molecular formula is C15H15NO4. The molecule has 0 saturated carbocycles. The number of hydrogen-bond donors (Lipinski definition) is 3. The van der Waals surface area contributed by atoms with E-state index in [4.69, 9.17) is 4.74 Å². The maximum absolute atomic E-state index is 10.4. The van der Waals surface area contributed by atoms with Crippen LogP contribution in [-0.4, -0.2) is 16.6 Å². The van der Waals surface area contributed by atoms with E-state index < -0.39 is 6.29 Å². The molecule has 0 bridgehead atoms. The minimum atomic E-state index is -1.14. The smallest absolute Gasteiger partial charge is 0.211 e. The van der Waals surface area contributed by atoms with E-state index in [-0.39, 0.29) is 18.0 Å². The highest BCUT2D eigenvalue weighted by atomic mass is 16.6. The molecule has 1 amide bonds. The first-order chi connectivity index (χ1) is 9.70. The Morgan fingerprint density at radius 3 is 2.65 bits per heavy atom. The molecule has 2 aromatic rings. The molecule has 1 atom stereocenters. The number of carbonyl (C=O) groups is 1. The number of nitrogens with one attached hydrogen (secondary N) is 1. The van der Waals surface area contributed by atoms with E-state index >= 15 is 0 Å². The third-order valence-corrected chi connectivity index (χ3v) is 2.77. The quantitative estimate of drug-likeness (QED) is 0.428. The van der Waals surface area contributed by atoms with Gasteiger partial charge >= 0.3 is 0 Å². The molecule has 0 aromatic heterocycles. The van der Waals surface area contributed by atoms with Gasteiger partial charge in [-0.25, -0.2) is 0 Å². The zero-order valence-electron chi connectivity index (χ0n) is 10.7. The molecule has 3 N–H and O–H groups in total. The Labute approximate surface area is 116 Å². The summed E-state index contributed by atoms with van der Waals surface area (Å²) in [7, 11) is 0. The lowest BCUT2D eigenvalue weighted by Crippen LogP contribution is -2.04. The highest BCUT2D eigenvalue weighted by molar-refractivity contribution is 5.75. The fourth-order valence-corrected chi connectivity index (χ4v) is 1.73. The summed E-state index contributed by atoms with van der Waals surface area (Å²) < 4.78 is 5.34. The highest BCUT2D eigenvalue weighted by Crippen LogP contribution is 2.27. The van der Waals surface area contributed by atoms with Gasteiger partial charge < -0.3 is 20.3 Å². The molecule has 0 spiro atoms. The summed E-state index contributed by atoms with van der Waals surface area (Å²) >= 11 is 0. The van der Waals surface area contributed by atoms with Crippen LogP contribution in [0, 0.1) is 0 Å². The largest absolute Gasteiger partial charge is 0.506 e. The van der Waals surface area contributed by atoms with Gasteiger partial charge in [0.1, 0.15) is 5.75 Å². The van der Waals surface area contributed by atoms with Crippen LogP contribution < -0.4 is 5.32 Å². The summed E-state index contributed by atoms with van der Waals surface area (Å²) in [6.07, 6.45) is -0.682. The third kappa shape index (κ3) is 3.57. The van der Waals surface area contributed by atoms with Crippen LogP contribution in [0.1, 0.15) is 17.4 Å². The van der Waals surface area contributed by atoms with Gasteiger partial charge in [0.25, 0.3) is 0 Å². The SMILES string of the molecule is O=CNc1cc(C(O)OCc2ccccc2)ccc1O. The second kappa shape index (κ2) is 6.70. The number of aliphatic hydroxyl groups is 1. The number of carbonyl (C=O) groups excluding carboxylic acids is 1. The fourth-order valence-electron chi connectivity index (χ4n) is 1.73. The van der Waals surface area contributed by atoms with Crippen molar-refractivity contribution in [3.63, 3.8) is 0 Å². The number of rotatable bonds is 6. The molecule has 5 heteroatoms. The molecule has 5 nitrogen and oxygen atoms in total. The van der Waals surface area contributed by atoms with Gasteiger partial charge in [-0.3, -0.25) is 4.79 Å². The summed E-state index contributed by atoms with van der Waals surface area (Å²) in [6, 6.07) is 13.8. The second-order valence-corrected chi connectivity index (χ2v) is 4.19. The summed E-state index contributed by atoms with van der Waals surface area (Å²) in [6.45, 7) is 0.263. The van der Waals surface area contributed by atoms with Crippen molar-refractivity contribution in [2.24, 2.45) is 0 Å². The predicted molar refractivity (Wildman–Crippen MR) is 74.0 cm³/mol. The maximum atomic E-state index is 10.4. The minimum Gasteiger partial charge on any atom is -0.506 e. The second-order valence-electron chi connectivity index (χ2n) is 4.19. The summed E-state index contributed by atoms with van der Waals surface area (Å²) in [5.41, 5.74) is 1.61. The Kier molecular flexibility index (Phi) is 4.70. The van der Waals surface area contributed by atoms with Gasteiger partial charge in [0, 0.05) is 5.56 Å². The molecule has 0 heterocycles. The van der Waals surface area contributed by atoms with Gasteiger partial charge in [0.2, 0.25) is 6.41 Å². The lowest BCUT2D eigenvalue weighted by Gasteiger charge is -2.14. The molecule has 0 radical (unpaired) electrons. The van der Waals surface area contributed by atoms with Crippen LogP contribution in [-0.2, 0) is 16.1 Å². The molecule has 2 rings (SSSR count). The average molecular weight is 273 g/mol. The molecule has 0 aliphatic rings. The van der Waals surface area contributed by atoms with Crippen molar-refractivity contribution in [3.8, 4) is 5.75 Å². The van der Waals surface area contributed by atoms with Gasteiger partial charge in [-0.15, -0.1) is 0 Å². The van der Waals surface area contributed by atoms with Gasteiger partial charge in [0.15, 0.2) is 6.29 Å². The van der Waals surface area contributed by atoms with E-state index in [0.29, 0.717) is 12.0 Å². The molecule has 1 unspecified atom stereocenters. The Morgan fingerprint density at radius 1 is 1.20 bits per heavy atom. The Morgan fingerprint density at radius 2 is 1.95 bits per heavy atom. The molecule has 0 aliphatic carbocycles. The van der Waals surface area contributed by atoms with E-state index in [0.717, 1.165) is 5.56 Å². The molecule has 104 valence electrons. The number of aromatic hydroxyl groups is 1. The number of anilines is 1. The maximum Gasteiger partial charge on any atom is 0.211 e. The first-order valence-electron chi connectivity index (χ1n) is 6.07. The van der Waals surface area contributed by atoms with Gasteiger partial charge in [-0.05, 0) is 17.7 Å². The first kappa shape index (κ1) is 14.0. The van der Waals surface area contributed by atoms with E-state index in [1.54, 1.807) is 0 Å². The average Bonchev–Trinajstić information content (AvgIpc) is 2.48. The van der Waals surface area contributed by atoms with Crippen molar-refractivity contribution >= 4 is 12.1 Å². The minimum absolute atomic E-state index is 0.0730. The van der Waals surface area contributed by atoms with E-state index in [1.165, 1.54) is 18.2 Å². The molecule has 0 aliphatic heterocycles. The molecule has 20 heavy (non-hydrogen) atoms. The fraction of sp³-hybridized carbons (Fsp3) is 0.133. The van der Waals surface area contributed by atoms with Crippen molar-refractivity contribution < 1.29 is 19.7 Å². The van der Waals surface area contributed by atoms with Crippen molar-refractivity contribution in [2.75, 3.05) is 5.32 Å². The molecule has 0 saturated heterocycles. The van der Waals surface area contributed by atoms with Crippen LogP contribution >= 0.6 is 0 Å². The standard InChI is InChI=1S/C15H15NO4/c17-10-16-13-8-12(6-7-14(13)18)15(19)20-9-11-4-2-1-3-5-11/h1-8,10,15,18-19H,9H2,(H,16,17). The monoisotopic (exact) mass is 273 g/mol. The first-order valence-corrected chi connectivity index (χ1v) is 6.07. The summed E-state index contributed by atoms with van der Waals surface area (Å²) in [5.74, 6) is -0.0730. The van der Waals surface area contributed by atoms with Gasteiger partial charge in [-0.1, -0.05) is 36.4 Å². The summed E-state index contributed by atoms with van der Waals surface area (Å²) in [4.78, 5) is 10.4. The Balaban J connectivity index is 2.03. The number of benzene rings is 2. The zero-order chi connectivity index (χ0) is 14.4. The lowest BCUT2D eigenvalue weighted by molar-refractivity contribution is -0.112. The molecular weight excluding hydrogens is 258 g/mol. The van der Waals surface area contributed by atoms with E-state index in [2.05, 4.69) is 5.32 Å². The number of aliphatic hydroxyl groups excluding tert-OH is 1. The topological polar surface area (TPSA) is 78.8 Å². The van der Waals surface area contributed by atoms with Crippen LogP contribution in [0.5, 0.6) is 5.75 Å². The van der Waals surface area contributed by atoms with Crippen molar-refractivity contribution in [3.05, 3.63) is 59.7 Å². The van der Waals surface area contributed by atoms with Crippen molar-refractivity contribution in [1.29, 1.82) is 0 Å². The van der Waals surface area contributed by atoms with Crippen LogP contribution in [0.4, 0.5) is 5.69 Å². The van der Waals surface area contributed by atoms with Crippen LogP contribution in [0.25, 0.3) is 0 Å². The van der Waals surface area contributed by atoms with Crippen molar-refractivity contribution in [1.82, 2.24) is 0 Å². The van der Waals surface area contributed by atoms with E-state index in [9.17, 15) is 15.0 Å². The van der Waals surface area contributed by atoms with Gasteiger partial charge in [0.05, 0.1) is 12.3 Å². The number of hydrogen-bond acceptors (Lipinski definition) is 4. The predicted octanol–water partition coefficient (Wildman–Crippen LogP) is 2.17. The van der Waals surface area contributed by atoms with Crippen LogP contribution in [0.3, 0.4) is 0 Å². The number of phenolic OH excluding ortho intramolecular Hbond substituents is 1. The number of ether oxygens (including phenoxy) is 1. The molecule has 0 fully saturated rings. The highest BCUT2D eigenvalue weighted by Gasteiger charge is 2.11. The molecule has 2 aromatic carbocycles. The van der Waals surface area contributed by atoms with Gasteiger partial charge in [-0.2, -0.15) is 0 Å². The lowest BCUT2D eigenvalue weighted by atomic mass is 10.1. The van der Waals surface area contributed by atoms with Crippen LogP contribution in [0.2, 0.25) is 0 Å². The van der Waals surface area contributed by atoms with E-state index in [1.807, 2.05) is 30.3 Å². The Hall–Kier alpha value is -2.37. The van der Waals surface area contributed by atoms with Crippen molar-refractivity contribution in [2.45, 2.75) is 12.9 Å².